The predicted molar refractivity (Wildman–Crippen MR) is 124 cm³/mol. The van der Waals surface area contributed by atoms with Crippen molar-refractivity contribution in [3.63, 3.8) is 0 Å². The standard InChI is InChI=1S/C22H24N4O2S2/c1-14-8-7-9-18(15(14)2)26(16(3)27)22-23-17(13-29-22)12-19-20(28)24-21(30-19)25-10-5-4-6-11-25/h7-9,12-13H,4-6,10-11H2,1-3H3/b19-12+. The molecular formula is C22H24N4O2S2. The zero-order valence-electron chi connectivity index (χ0n) is 17.3. The van der Waals surface area contributed by atoms with Gasteiger partial charge in [0.1, 0.15) is 0 Å². The van der Waals surface area contributed by atoms with E-state index < -0.39 is 0 Å². The van der Waals surface area contributed by atoms with E-state index in [0.717, 1.165) is 47.9 Å². The third-order valence-corrected chi connectivity index (χ3v) is 7.24. The summed E-state index contributed by atoms with van der Waals surface area (Å²) in [7, 11) is 0. The van der Waals surface area contributed by atoms with Crippen molar-refractivity contribution >= 4 is 57.0 Å². The molecule has 2 aliphatic heterocycles. The molecule has 156 valence electrons. The van der Waals surface area contributed by atoms with Gasteiger partial charge in [0.15, 0.2) is 10.3 Å². The molecule has 0 atom stereocenters. The number of aromatic nitrogens is 1. The molecule has 0 aliphatic carbocycles. The summed E-state index contributed by atoms with van der Waals surface area (Å²) in [6.45, 7) is 7.48. The number of likely N-dealkylation sites (tertiary alicyclic amines) is 1. The summed E-state index contributed by atoms with van der Waals surface area (Å²) < 4.78 is 0. The smallest absolute Gasteiger partial charge is 0.286 e. The summed E-state index contributed by atoms with van der Waals surface area (Å²) in [5.74, 6) is -0.313. The quantitative estimate of drug-likeness (QED) is 0.635. The maximum atomic E-state index is 12.4. The van der Waals surface area contributed by atoms with Crippen LogP contribution >= 0.6 is 23.1 Å². The van der Waals surface area contributed by atoms with Crippen LogP contribution in [-0.4, -0.2) is 40.0 Å². The van der Waals surface area contributed by atoms with Gasteiger partial charge in [-0.25, -0.2) is 4.98 Å². The summed E-state index contributed by atoms with van der Waals surface area (Å²) in [5.41, 5.74) is 3.66. The number of hydrogen-bond donors (Lipinski definition) is 0. The van der Waals surface area contributed by atoms with Crippen molar-refractivity contribution < 1.29 is 9.59 Å². The molecule has 2 amide bonds. The Morgan fingerprint density at radius 2 is 1.97 bits per heavy atom. The number of nitrogens with zero attached hydrogens (tertiary/aromatic N) is 4. The van der Waals surface area contributed by atoms with Crippen LogP contribution < -0.4 is 4.90 Å². The highest BCUT2D eigenvalue weighted by atomic mass is 32.2. The van der Waals surface area contributed by atoms with Crippen molar-refractivity contribution in [2.75, 3.05) is 18.0 Å². The molecule has 2 aromatic rings. The van der Waals surface area contributed by atoms with Crippen LogP contribution in [0, 0.1) is 13.8 Å². The van der Waals surface area contributed by atoms with Crippen LogP contribution in [0.2, 0.25) is 0 Å². The average molecular weight is 441 g/mol. The second kappa shape index (κ2) is 8.73. The topological polar surface area (TPSA) is 65.9 Å². The van der Waals surface area contributed by atoms with Gasteiger partial charge in [0.2, 0.25) is 5.91 Å². The van der Waals surface area contributed by atoms with Crippen LogP contribution in [-0.2, 0) is 9.59 Å². The number of carbonyl (C=O) groups excluding carboxylic acids is 2. The summed E-state index contributed by atoms with van der Waals surface area (Å²) >= 11 is 2.81. The minimum Gasteiger partial charge on any atom is -0.351 e. The Labute approximate surface area is 184 Å². The SMILES string of the molecule is CC(=O)N(c1nc(/C=C2/SC(N3CCCCC3)=NC2=O)cs1)c1cccc(C)c1C. The number of amides is 2. The van der Waals surface area contributed by atoms with E-state index >= 15 is 0 Å². The molecule has 0 spiro atoms. The molecule has 0 unspecified atom stereocenters. The van der Waals surface area contributed by atoms with Crippen LogP contribution in [0.25, 0.3) is 6.08 Å². The lowest BCUT2D eigenvalue weighted by molar-refractivity contribution is -0.116. The number of aryl methyl sites for hydroxylation is 1. The number of thiazole rings is 1. The molecule has 8 heteroatoms. The van der Waals surface area contributed by atoms with Gasteiger partial charge in [-0.05, 0) is 68.1 Å². The number of piperidine rings is 1. The largest absolute Gasteiger partial charge is 0.351 e. The lowest BCUT2D eigenvalue weighted by Crippen LogP contribution is -2.33. The van der Waals surface area contributed by atoms with Gasteiger partial charge in [0.05, 0.1) is 16.3 Å². The molecular weight excluding hydrogens is 416 g/mol. The second-order valence-electron chi connectivity index (χ2n) is 7.49. The molecule has 1 aromatic carbocycles. The van der Waals surface area contributed by atoms with E-state index in [1.165, 1.54) is 36.4 Å². The number of benzene rings is 1. The Hall–Kier alpha value is -2.45. The number of hydrogen-bond acceptors (Lipinski definition) is 6. The monoisotopic (exact) mass is 440 g/mol. The van der Waals surface area contributed by atoms with Gasteiger partial charge >= 0.3 is 0 Å². The van der Waals surface area contributed by atoms with Gasteiger partial charge in [0.25, 0.3) is 5.91 Å². The van der Waals surface area contributed by atoms with E-state index in [0.29, 0.717) is 15.7 Å². The molecule has 0 bridgehead atoms. The van der Waals surface area contributed by atoms with Crippen LogP contribution in [0.3, 0.4) is 0 Å². The minimum atomic E-state index is -0.215. The molecule has 3 heterocycles. The number of carbonyl (C=O) groups is 2. The Balaban J connectivity index is 1.57. The zero-order valence-corrected chi connectivity index (χ0v) is 19.0. The van der Waals surface area contributed by atoms with E-state index in [9.17, 15) is 9.59 Å². The molecule has 0 radical (unpaired) electrons. The number of rotatable bonds is 3. The second-order valence-corrected chi connectivity index (χ2v) is 9.33. The summed E-state index contributed by atoms with van der Waals surface area (Å²) in [5, 5.41) is 3.26. The van der Waals surface area contributed by atoms with Crippen molar-refractivity contribution in [1.29, 1.82) is 0 Å². The molecule has 0 saturated carbocycles. The van der Waals surface area contributed by atoms with Gasteiger partial charge in [-0.1, -0.05) is 12.1 Å². The van der Waals surface area contributed by atoms with Crippen molar-refractivity contribution in [3.05, 3.63) is 45.3 Å². The van der Waals surface area contributed by atoms with Gasteiger partial charge in [-0.3, -0.25) is 14.5 Å². The molecule has 1 fully saturated rings. The first-order valence-electron chi connectivity index (χ1n) is 10.0. The van der Waals surface area contributed by atoms with Crippen LogP contribution in [0.15, 0.2) is 33.5 Å². The fraction of sp³-hybridized carbons (Fsp3) is 0.364. The highest BCUT2D eigenvalue weighted by Crippen LogP contribution is 2.35. The van der Waals surface area contributed by atoms with E-state index in [1.54, 1.807) is 11.0 Å². The molecule has 1 saturated heterocycles. The maximum absolute atomic E-state index is 12.4. The van der Waals surface area contributed by atoms with E-state index in [2.05, 4.69) is 14.9 Å². The van der Waals surface area contributed by atoms with Crippen molar-refractivity contribution in [2.45, 2.75) is 40.0 Å². The third kappa shape index (κ3) is 4.20. The van der Waals surface area contributed by atoms with Gasteiger partial charge in [-0.2, -0.15) is 4.99 Å². The van der Waals surface area contributed by atoms with E-state index in [1.807, 2.05) is 37.4 Å². The first-order chi connectivity index (χ1) is 14.4. The lowest BCUT2D eigenvalue weighted by Gasteiger charge is -2.27. The first-order valence-corrected chi connectivity index (χ1v) is 11.7. The average Bonchev–Trinajstić information content (AvgIpc) is 3.33. The highest BCUT2D eigenvalue weighted by molar-refractivity contribution is 8.18. The van der Waals surface area contributed by atoms with Crippen molar-refractivity contribution in [1.82, 2.24) is 9.88 Å². The van der Waals surface area contributed by atoms with Gasteiger partial charge in [-0.15, -0.1) is 11.3 Å². The fourth-order valence-electron chi connectivity index (χ4n) is 3.58. The number of anilines is 2. The predicted octanol–water partition coefficient (Wildman–Crippen LogP) is 4.90. The Morgan fingerprint density at radius 3 is 2.70 bits per heavy atom. The van der Waals surface area contributed by atoms with Crippen LogP contribution in [0.1, 0.15) is 43.0 Å². The van der Waals surface area contributed by atoms with Crippen LogP contribution in [0.4, 0.5) is 10.8 Å². The van der Waals surface area contributed by atoms with E-state index in [4.69, 9.17) is 0 Å². The minimum absolute atomic E-state index is 0.0979. The molecule has 30 heavy (non-hydrogen) atoms. The number of aliphatic imine (C=N–C) groups is 1. The van der Waals surface area contributed by atoms with Crippen LogP contribution in [0.5, 0.6) is 0 Å². The lowest BCUT2D eigenvalue weighted by atomic mass is 10.1. The molecule has 1 aromatic heterocycles. The maximum Gasteiger partial charge on any atom is 0.286 e. The normalized spacial score (nSPS) is 18.1. The summed E-state index contributed by atoms with van der Waals surface area (Å²) in [6.07, 6.45) is 5.29. The Kier molecular flexibility index (Phi) is 6.06. The zero-order chi connectivity index (χ0) is 21.3. The molecule has 4 rings (SSSR count). The van der Waals surface area contributed by atoms with Gasteiger partial charge < -0.3 is 4.90 Å². The first kappa shape index (κ1) is 20.8. The number of thioether (sulfide) groups is 1. The summed E-state index contributed by atoms with van der Waals surface area (Å²) in [4.78, 5) is 38.1. The molecule has 2 aliphatic rings. The highest BCUT2D eigenvalue weighted by Gasteiger charge is 2.27. The van der Waals surface area contributed by atoms with Crippen molar-refractivity contribution in [3.8, 4) is 0 Å². The van der Waals surface area contributed by atoms with E-state index in [-0.39, 0.29) is 11.8 Å². The van der Waals surface area contributed by atoms with Crippen molar-refractivity contribution in [2.24, 2.45) is 4.99 Å². The number of amidine groups is 1. The summed E-state index contributed by atoms with van der Waals surface area (Å²) in [6, 6.07) is 5.90. The molecule has 6 nitrogen and oxygen atoms in total. The molecule has 0 N–H and O–H groups in total. The fourth-order valence-corrected chi connectivity index (χ4v) is 5.37. The third-order valence-electron chi connectivity index (χ3n) is 5.35. The Morgan fingerprint density at radius 1 is 1.20 bits per heavy atom. The Bertz CT molecular complexity index is 1050. The van der Waals surface area contributed by atoms with Gasteiger partial charge in [0, 0.05) is 25.4 Å².